The molecule has 17 heavy (non-hydrogen) atoms. The summed E-state index contributed by atoms with van der Waals surface area (Å²) >= 11 is 0. The van der Waals surface area contributed by atoms with E-state index < -0.39 is 12.8 Å². The molecule has 0 saturated heterocycles. The maximum atomic E-state index is 11.8. The van der Waals surface area contributed by atoms with Gasteiger partial charge in [0, 0.05) is 12.6 Å². The highest BCUT2D eigenvalue weighted by Gasteiger charge is 2.27. The van der Waals surface area contributed by atoms with Crippen LogP contribution in [0.4, 0.5) is 13.2 Å². The molecule has 1 rings (SSSR count). The lowest BCUT2D eigenvalue weighted by Crippen LogP contribution is -2.30. The quantitative estimate of drug-likeness (QED) is 0.736. The molecule has 0 bridgehead atoms. The average Bonchev–Trinajstić information content (AvgIpc) is 2.29. The normalized spacial score (nSPS) is 18.5. The van der Waals surface area contributed by atoms with Crippen LogP contribution in [-0.2, 0) is 9.47 Å². The van der Waals surface area contributed by atoms with E-state index in [0.29, 0.717) is 13.0 Å². The number of hydrogen-bond acceptors (Lipinski definition) is 3. The maximum absolute atomic E-state index is 11.8. The van der Waals surface area contributed by atoms with E-state index in [2.05, 4.69) is 10.1 Å². The summed E-state index contributed by atoms with van der Waals surface area (Å²) in [7, 11) is 1.78. The molecule has 0 aliphatic carbocycles. The zero-order valence-corrected chi connectivity index (χ0v) is 9.85. The molecule has 1 N–H and O–H groups in total. The van der Waals surface area contributed by atoms with Crippen molar-refractivity contribution in [3.8, 4) is 0 Å². The van der Waals surface area contributed by atoms with Gasteiger partial charge in [0.2, 0.25) is 0 Å². The number of ether oxygens (including phenoxy) is 2. The minimum Gasteiger partial charge on any atom is -0.501 e. The van der Waals surface area contributed by atoms with E-state index in [-0.39, 0.29) is 12.6 Å². The Morgan fingerprint density at radius 2 is 2.29 bits per heavy atom. The first-order valence-corrected chi connectivity index (χ1v) is 5.65. The van der Waals surface area contributed by atoms with E-state index >= 15 is 0 Å². The molecule has 0 radical (unpaired) electrons. The van der Waals surface area contributed by atoms with E-state index in [0.717, 1.165) is 18.4 Å². The third kappa shape index (κ3) is 5.93. The zero-order valence-electron chi connectivity index (χ0n) is 9.85. The molecule has 1 atom stereocenters. The fraction of sp³-hybridized carbons (Fsp3) is 0.818. The third-order valence-electron chi connectivity index (χ3n) is 2.57. The highest BCUT2D eigenvalue weighted by molar-refractivity contribution is 5.09. The molecule has 6 heteroatoms. The number of halogens is 3. The van der Waals surface area contributed by atoms with Gasteiger partial charge in [-0.05, 0) is 31.9 Å². The van der Waals surface area contributed by atoms with Crippen molar-refractivity contribution in [2.45, 2.75) is 31.5 Å². The van der Waals surface area contributed by atoms with Crippen molar-refractivity contribution >= 4 is 0 Å². The van der Waals surface area contributed by atoms with Crippen LogP contribution in [0.25, 0.3) is 0 Å². The topological polar surface area (TPSA) is 30.5 Å². The third-order valence-corrected chi connectivity index (χ3v) is 2.57. The minimum absolute atomic E-state index is 0.0310. The molecule has 1 heterocycles. The predicted molar refractivity (Wildman–Crippen MR) is 57.6 cm³/mol. The standard InChI is InChI=1S/C11H18F3NO2/c1-15-10(9-3-2-5-16-7-9)4-6-17-8-11(12,13)14/h7,10,15H,2-6,8H2,1H3. The van der Waals surface area contributed by atoms with Gasteiger partial charge in [-0.3, -0.25) is 0 Å². The Labute approximate surface area is 99.0 Å². The summed E-state index contributed by atoms with van der Waals surface area (Å²) in [6, 6.07) is 0.0310. The van der Waals surface area contributed by atoms with Crippen molar-refractivity contribution in [2.75, 3.05) is 26.9 Å². The molecule has 0 fully saturated rings. The van der Waals surface area contributed by atoms with Crippen molar-refractivity contribution in [1.29, 1.82) is 0 Å². The molecule has 1 aliphatic heterocycles. The zero-order chi connectivity index (χ0) is 12.7. The van der Waals surface area contributed by atoms with E-state index in [1.807, 2.05) is 0 Å². The van der Waals surface area contributed by atoms with E-state index in [1.165, 1.54) is 0 Å². The van der Waals surface area contributed by atoms with Gasteiger partial charge >= 0.3 is 6.18 Å². The second-order valence-corrected chi connectivity index (χ2v) is 3.96. The minimum atomic E-state index is -4.25. The van der Waals surface area contributed by atoms with Gasteiger partial charge in [-0.15, -0.1) is 0 Å². The van der Waals surface area contributed by atoms with Gasteiger partial charge in [0.15, 0.2) is 0 Å². The monoisotopic (exact) mass is 253 g/mol. The maximum Gasteiger partial charge on any atom is 0.411 e. The molecule has 0 aromatic heterocycles. The number of nitrogens with one attached hydrogen (secondary N) is 1. The molecular formula is C11H18F3NO2. The smallest absolute Gasteiger partial charge is 0.411 e. The predicted octanol–water partition coefficient (Wildman–Crippen LogP) is 2.24. The molecule has 3 nitrogen and oxygen atoms in total. The molecule has 0 saturated carbocycles. The van der Waals surface area contributed by atoms with Crippen LogP contribution < -0.4 is 5.32 Å². The second kappa shape index (κ2) is 6.86. The molecule has 0 amide bonds. The van der Waals surface area contributed by atoms with Crippen LogP contribution in [0.15, 0.2) is 11.8 Å². The summed E-state index contributed by atoms with van der Waals surface area (Å²) in [5.41, 5.74) is 1.09. The van der Waals surface area contributed by atoms with Gasteiger partial charge in [-0.1, -0.05) is 0 Å². The highest BCUT2D eigenvalue weighted by atomic mass is 19.4. The van der Waals surface area contributed by atoms with Crippen LogP contribution in [0.3, 0.4) is 0 Å². The van der Waals surface area contributed by atoms with Crippen molar-refractivity contribution in [3.63, 3.8) is 0 Å². The van der Waals surface area contributed by atoms with Crippen LogP contribution in [0.5, 0.6) is 0 Å². The van der Waals surface area contributed by atoms with Gasteiger partial charge in [0.25, 0.3) is 0 Å². The van der Waals surface area contributed by atoms with Crippen molar-refractivity contribution in [1.82, 2.24) is 5.32 Å². The summed E-state index contributed by atoms with van der Waals surface area (Å²) in [5, 5.41) is 3.06. The number of likely N-dealkylation sites (N-methyl/N-ethyl adjacent to an activating group) is 1. The largest absolute Gasteiger partial charge is 0.501 e. The van der Waals surface area contributed by atoms with Crippen LogP contribution in [0, 0.1) is 0 Å². The first-order valence-electron chi connectivity index (χ1n) is 5.65. The number of alkyl halides is 3. The fourth-order valence-corrected chi connectivity index (χ4v) is 1.75. The summed E-state index contributed by atoms with van der Waals surface area (Å²) in [6.45, 7) is -0.383. The number of rotatable bonds is 6. The van der Waals surface area contributed by atoms with Gasteiger partial charge in [0.05, 0.1) is 12.9 Å². The molecule has 0 aromatic carbocycles. The van der Waals surface area contributed by atoms with Crippen molar-refractivity contribution in [2.24, 2.45) is 0 Å². The molecule has 100 valence electrons. The molecule has 1 unspecified atom stereocenters. The van der Waals surface area contributed by atoms with Crippen molar-refractivity contribution < 1.29 is 22.6 Å². The van der Waals surface area contributed by atoms with Gasteiger partial charge in [0.1, 0.15) is 6.61 Å². The van der Waals surface area contributed by atoms with Gasteiger partial charge in [-0.25, -0.2) is 0 Å². The summed E-state index contributed by atoms with van der Waals surface area (Å²) in [6.07, 6.45) is -0.156. The van der Waals surface area contributed by atoms with E-state index in [1.54, 1.807) is 13.3 Å². The second-order valence-electron chi connectivity index (χ2n) is 3.96. The highest BCUT2D eigenvalue weighted by Crippen LogP contribution is 2.18. The first-order chi connectivity index (χ1) is 8.03. The van der Waals surface area contributed by atoms with Crippen LogP contribution in [-0.4, -0.2) is 39.1 Å². The van der Waals surface area contributed by atoms with Crippen LogP contribution >= 0.6 is 0 Å². The molecule has 0 aromatic rings. The summed E-state index contributed by atoms with van der Waals surface area (Å²) in [4.78, 5) is 0. The summed E-state index contributed by atoms with van der Waals surface area (Å²) in [5.74, 6) is 0. The lowest BCUT2D eigenvalue weighted by molar-refractivity contribution is -0.174. The van der Waals surface area contributed by atoms with E-state index in [9.17, 15) is 13.2 Å². The Morgan fingerprint density at radius 1 is 1.53 bits per heavy atom. The Balaban J connectivity index is 2.25. The molecule has 0 spiro atoms. The SMILES string of the molecule is CNC(CCOCC(F)(F)F)C1=COCCC1. The lowest BCUT2D eigenvalue weighted by Gasteiger charge is -2.22. The fourth-order valence-electron chi connectivity index (χ4n) is 1.75. The first kappa shape index (κ1) is 14.3. The van der Waals surface area contributed by atoms with Gasteiger partial charge in [-0.2, -0.15) is 13.2 Å². The Hall–Kier alpha value is -0.750. The lowest BCUT2D eigenvalue weighted by atomic mass is 10.00. The number of hydrogen-bond donors (Lipinski definition) is 1. The van der Waals surface area contributed by atoms with Gasteiger partial charge < -0.3 is 14.8 Å². The summed E-state index contributed by atoms with van der Waals surface area (Å²) < 4.78 is 45.3. The molecule has 1 aliphatic rings. The average molecular weight is 253 g/mol. The Bertz CT molecular complexity index is 254. The van der Waals surface area contributed by atoms with Crippen molar-refractivity contribution in [3.05, 3.63) is 11.8 Å². The van der Waals surface area contributed by atoms with Crippen LogP contribution in [0.1, 0.15) is 19.3 Å². The van der Waals surface area contributed by atoms with E-state index in [4.69, 9.17) is 4.74 Å². The Morgan fingerprint density at radius 3 is 2.82 bits per heavy atom. The van der Waals surface area contributed by atoms with Crippen LogP contribution in [0.2, 0.25) is 0 Å². The molecular weight excluding hydrogens is 235 g/mol. The Kier molecular flexibility index (Phi) is 5.77.